The topological polar surface area (TPSA) is 70.1 Å². The van der Waals surface area contributed by atoms with E-state index in [0.717, 1.165) is 0 Å². The Morgan fingerprint density at radius 1 is 1.47 bits per heavy atom. The number of rotatable bonds is 6. The van der Waals surface area contributed by atoms with Crippen LogP contribution < -0.4 is 5.73 Å². The lowest BCUT2D eigenvalue weighted by molar-refractivity contribution is -0.131. The van der Waals surface area contributed by atoms with Crippen molar-refractivity contribution in [1.29, 1.82) is 5.26 Å². The van der Waals surface area contributed by atoms with Gasteiger partial charge in [0.1, 0.15) is 0 Å². The summed E-state index contributed by atoms with van der Waals surface area (Å²) in [5, 5.41) is 8.50. The Balaban J connectivity index is 4.21. The van der Waals surface area contributed by atoms with Crippen LogP contribution in [0.2, 0.25) is 0 Å². The average molecular weight is 211 g/mol. The second kappa shape index (κ2) is 7.24. The SMILES string of the molecule is CC(C)CN(CCC#N)C(=O)CC(C)N. The quantitative estimate of drug-likeness (QED) is 0.715. The number of carbonyl (C=O) groups excluding carboxylic acids is 1. The van der Waals surface area contributed by atoms with E-state index in [1.54, 1.807) is 4.90 Å². The normalized spacial score (nSPS) is 12.3. The van der Waals surface area contributed by atoms with E-state index in [1.807, 2.05) is 6.92 Å². The van der Waals surface area contributed by atoms with Crippen molar-refractivity contribution in [3.8, 4) is 6.07 Å². The van der Waals surface area contributed by atoms with Crippen LogP contribution in [0.1, 0.15) is 33.6 Å². The molecule has 1 atom stereocenters. The molecular formula is C11H21N3O. The molecular weight excluding hydrogens is 190 g/mol. The number of nitrogens with zero attached hydrogens (tertiary/aromatic N) is 2. The number of hydrogen-bond donors (Lipinski definition) is 1. The molecule has 4 heteroatoms. The molecule has 1 unspecified atom stereocenters. The smallest absolute Gasteiger partial charge is 0.224 e. The van der Waals surface area contributed by atoms with Gasteiger partial charge < -0.3 is 10.6 Å². The van der Waals surface area contributed by atoms with E-state index in [2.05, 4.69) is 19.9 Å². The van der Waals surface area contributed by atoms with Crippen LogP contribution in [0.4, 0.5) is 0 Å². The summed E-state index contributed by atoms with van der Waals surface area (Å²) >= 11 is 0. The van der Waals surface area contributed by atoms with Crippen LogP contribution in [0.3, 0.4) is 0 Å². The fourth-order valence-corrected chi connectivity index (χ4v) is 1.35. The molecule has 0 aliphatic rings. The molecule has 0 rings (SSSR count). The molecule has 1 amide bonds. The van der Waals surface area contributed by atoms with Crippen molar-refractivity contribution in [2.45, 2.75) is 39.7 Å². The fraction of sp³-hybridized carbons (Fsp3) is 0.818. The molecule has 15 heavy (non-hydrogen) atoms. The van der Waals surface area contributed by atoms with Gasteiger partial charge in [-0.3, -0.25) is 4.79 Å². The summed E-state index contributed by atoms with van der Waals surface area (Å²) < 4.78 is 0. The van der Waals surface area contributed by atoms with Gasteiger partial charge in [-0.1, -0.05) is 13.8 Å². The molecule has 0 aliphatic carbocycles. The van der Waals surface area contributed by atoms with Crippen molar-refractivity contribution in [3.05, 3.63) is 0 Å². The Kier molecular flexibility index (Phi) is 6.72. The van der Waals surface area contributed by atoms with Gasteiger partial charge in [-0.05, 0) is 12.8 Å². The van der Waals surface area contributed by atoms with Crippen LogP contribution in [-0.2, 0) is 4.79 Å². The van der Waals surface area contributed by atoms with Gasteiger partial charge in [-0.2, -0.15) is 5.26 Å². The highest BCUT2D eigenvalue weighted by Gasteiger charge is 2.15. The zero-order valence-corrected chi connectivity index (χ0v) is 9.86. The largest absolute Gasteiger partial charge is 0.341 e. The first kappa shape index (κ1) is 13.9. The number of carbonyl (C=O) groups is 1. The first-order chi connectivity index (χ1) is 6.97. The molecule has 86 valence electrons. The number of amides is 1. The maximum absolute atomic E-state index is 11.7. The van der Waals surface area contributed by atoms with Crippen molar-refractivity contribution in [2.75, 3.05) is 13.1 Å². The minimum atomic E-state index is -0.116. The fourth-order valence-electron chi connectivity index (χ4n) is 1.35. The standard InChI is InChI=1S/C11H21N3O/c1-9(2)8-14(6-4-5-12)11(15)7-10(3)13/h9-10H,4,6-8,13H2,1-3H3. The van der Waals surface area contributed by atoms with Crippen LogP contribution >= 0.6 is 0 Å². The molecule has 0 spiro atoms. The Morgan fingerprint density at radius 3 is 2.47 bits per heavy atom. The minimum Gasteiger partial charge on any atom is -0.341 e. The molecule has 0 bridgehead atoms. The third kappa shape index (κ3) is 6.92. The number of hydrogen-bond acceptors (Lipinski definition) is 3. The zero-order chi connectivity index (χ0) is 11.8. The third-order valence-electron chi connectivity index (χ3n) is 1.93. The summed E-state index contributed by atoms with van der Waals surface area (Å²) in [6.07, 6.45) is 0.746. The molecule has 0 radical (unpaired) electrons. The van der Waals surface area contributed by atoms with Crippen molar-refractivity contribution < 1.29 is 4.79 Å². The zero-order valence-electron chi connectivity index (χ0n) is 9.86. The highest BCUT2D eigenvalue weighted by atomic mass is 16.2. The molecule has 2 N–H and O–H groups in total. The highest BCUT2D eigenvalue weighted by Crippen LogP contribution is 2.03. The highest BCUT2D eigenvalue weighted by molar-refractivity contribution is 5.76. The van der Waals surface area contributed by atoms with Crippen molar-refractivity contribution in [3.63, 3.8) is 0 Å². The molecule has 0 fully saturated rings. The first-order valence-corrected chi connectivity index (χ1v) is 5.37. The maximum Gasteiger partial charge on any atom is 0.224 e. The molecule has 4 nitrogen and oxygen atoms in total. The molecule has 0 aliphatic heterocycles. The summed E-state index contributed by atoms with van der Waals surface area (Å²) in [6, 6.07) is 1.94. The second-order valence-corrected chi connectivity index (χ2v) is 4.32. The van der Waals surface area contributed by atoms with Gasteiger partial charge in [-0.25, -0.2) is 0 Å². The summed E-state index contributed by atoms with van der Waals surface area (Å²) in [5.74, 6) is 0.467. The van der Waals surface area contributed by atoms with Crippen LogP contribution in [0.25, 0.3) is 0 Å². The molecule has 0 aromatic carbocycles. The number of nitriles is 1. The van der Waals surface area contributed by atoms with Gasteiger partial charge in [-0.15, -0.1) is 0 Å². The van der Waals surface area contributed by atoms with E-state index in [1.165, 1.54) is 0 Å². The predicted molar refractivity (Wildman–Crippen MR) is 59.9 cm³/mol. The molecule has 0 saturated heterocycles. The van der Waals surface area contributed by atoms with Gasteiger partial charge in [0.2, 0.25) is 5.91 Å². The minimum absolute atomic E-state index is 0.0500. The molecule has 0 aromatic heterocycles. The maximum atomic E-state index is 11.7. The van der Waals surface area contributed by atoms with Gasteiger partial charge in [0, 0.05) is 25.6 Å². The summed E-state index contributed by atoms with van der Waals surface area (Å²) in [5.41, 5.74) is 5.58. The monoisotopic (exact) mass is 211 g/mol. The van der Waals surface area contributed by atoms with Crippen LogP contribution in [-0.4, -0.2) is 29.9 Å². The van der Waals surface area contributed by atoms with Crippen LogP contribution in [0.5, 0.6) is 0 Å². The van der Waals surface area contributed by atoms with Gasteiger partial charge in [0.25, 0.3) is 0 Å². The van der Waals surface area contributed by atoms with Crippen molar-refractivity contribution in [2.24, 2.45) is 11.7 Å². The molecule has 0 aromatic rings. The van der Waals surface area contributed by atoms with E-state index in [9.17, 15) is 4.79 Å². The average Bonchev–Trinajstić information content (AvgIpc) is 2.10. The van der Waals surface area contributed by atoms with Crippen molar-refractivity contribution in [1.82, 2.24) is 4.90 Å². The van der Waals surface area contributed by atoms with E-state index < -0.39 is 0 Å². The third-order valence-corrected chi connectivity index (χ3v) is 1.93. The first-order valence-electron chi connectivity index (χ1n) is 5.37. The van der Waals surface area contributed by atoms with Crippen LogP contribution in [0.15, 0.2) is 0 Å². The van der Waals surface area contributed by atoms with E-state index >= 15 is 0 Å². The second-order valence-electron chi connectivity index (χ2n) is 4.32. The number of nitrogens with two attached hydrogens (primary N) is 1. The van der Waals surface area contributed by atoms with Crippen molar-refractivity contribution >= 4 is 5.91 Å². The van der Waals surface area contributed by atoms with Gasteiger partial charge >= 0.3 is 0 Å². The Morgan fingerprint density at radius 2 is 2.07 bits per heavy atom. The lowest BCUT2D eigenvalue weighted by atomic mass is 10.1. The Labute approximate surface area is 92.0 Å². The van der Waals surface area contributed by atoms with E-state index in [4.69, 9.17) is 11.0 Å². The Hall–Kier alpha value is -1.08. The van der Waals surface area contributed by atoms with Crippen LogP contribution in [0, 0.1) is 17.2 Å². The molecule has 0 saturated carbocycles. The lowest BCUT2D eigenvalue weighted by Crippen LogP contribution is -2.37. The lowest BCUT2D eigenvalue weighted by Gasteiger charge is -2.24. The van der Waals surface area contributed by atoms with E-state index in [-0.39, 0.29) is 11.9 Å². The summed E-state index contributed by atoms with van der Waals surface area (Å²) in [4.78, 5) is 13.5. The Bertz CT molecular complexity index is 230. The summed E-state index contributed by atoms with van der Waals surface area (Å²) in [6.45, 7) is 7.14. The van der Waals surface area contributed by atoms with Gasteiger partial charge in [0.05, 0.1) is 12.5 Å². The van der Waals surface area contributed by atoms with Gasteiger partial charge in [0.15, 0.2) is 0 Å². The molecule has 0 heterocycles. The predicted octanol–water partition coefficient (Wildman–Crippen LogP) is 1.12. The summed E-state index contributed by atoms with van der Waals surface area (Å²) in [7, 11) is 0. The van der Waals surface area contributed by atoms with E-state index in [0.29, 0.717) is 31.8 Å².